The quantitative estimate of drug-likeness (QED) is 0.942. The van der Waals surface area contributed by atoms with E-state index in [1.807, 2.05) is 0 Å². The number of thiazole rings is 1. The molecule has 0 spiro atoms. The van der Waals surface area contributed by atoms with Crippen molar-refractivity contribution in [2.75, 3.05) is 4.72 Å². The Bertz CT molecular complexity index is 762. The zero-order valence-electron chi connectivity index (χ0n) is 9.71. The number of nitrogens with one attached hydrogen (secondary N) is 1. The van der Waals surface area contributed by atoms with Crippen LogP contribution in [0.25, 0.3) is 0 Å². The van der Waals surface area contributed by atoms with E-state index < -0.39 is 26.3 Å². The van der Waals surface area contributed by atoms with Crippen LogP contribution in [0.3, 0.4) is 0 Å². The molecule has 98 valence electrons. The molecule has 0 atom stereocenters. The zero-order chi connectivity index (χ0) is 14.0. The fourth-order valence-electron chi connectivity index (χ4n) is 1.41. The molecule has 0 saturated carbocycles. The molecule has 0 amide bonds. The number of nitrogens with zero attached hydrogens (tertiary/aromatic N) is 2. The van der Waals surface area contributed by atoms with Crippen molar-refractivity contribution in [2.24, 2.45) is 0 Å². The Hall–Kier alpha value is -1.98. The van der Waals surface area contributed by atoms with Gasteiger partial charge in [-0.2, -0.15) is 5.26 Å². The number of nitriles is 1. The molecule has 0 saturated heterocycles. The molecular weight excluding hydrogens is 289 g/mol. The van der Waals surface area contributed by atoms with Crippen molar-refractivity contribution in [3.8, 4) is 6.07 Å². The van der Waals surface area contributed by atoms with Crippen LogP contribution in [-0.4, -0.2) is 13.4 Å². The van der Waals surface area contributed by atoms with E-state index >= 15 is 0 Å². The topological polar surface area (TPSA) is 82.9 Å². The molecule has 1 aromatic heterocycles. The number of hydrogen-bond donors (Lipinski definition) is 1. The van der Waals surface area contributed by atoms with Crippen molar-refractivity contribution in [1.29, 1.82) is 5.26 Å². The summed E-state index contributed by atoms with van der Waals surface area (Å²) < 4.78 is 39.8. The molecule has 0 aliphatic carbocycles. The summed E-state index contributed by atoms with van der Waals surface area (Å²) in [6, 6.07) is 4.99. The van der Waals surface area contributed by atoms with Gasteiger partial charge in [0, 0.05) is 5.38 Å². The van der Waals surface area contributed by atoms with E-state index in [2.05, 4.69) is 9.71 Å². The lowest BCUT2D eigenvalue weighted by atomic mass is 10.2. The maximum Gasteiger partial charge on any atom is 0.265 e. The van der Waals surface area contributed by atoms with Gasteiger partial charge < -0.3 is 0 Å². The Kier molecular flexibility index (Phi) is 3.50. The summed E-state index contributed by atoms with van der Waals surface area (Å²) in [5, 5.41) is 10.7. The lowest BCUT2D eigenvalue weighted by Crippen LogP contribution is -2.15. The number of hydrogen-bond acceptors (Lipinski definition) is 5. The number of aromatic nitrogens is 1. The van der Waals surface area contributed by atoms with E-state index in [0.717, 1.165) is 17.4 Å². The predicted molar refractivity (Wildman–Crippen MR) is 68.8 cm³/mol. The van der Waals surface area contributed by atoms with Gasteiger partial charge in [-0.25, -0.2) is 17.8 Å². The van der Waals surface area contributed by atoms with Gasteiger partial charge in [0.25, 0.3) is 10.0 Å². The lowest BCUT2D eigenvalue weighted by molar-refractivity contribution is 0.593. The van der Waals surface area contributed by atoms with Gasteiger partial charge in [0.15, 0.2) is 5.13 Å². The number of benzene rings is 1. The van der Waals surface area contributed by atoms with Crippen LogP contribution in [0.4, 0.5) is 9.52 Å². The Morgan fingerprint density at radius 1 is 1.47 bits per heavy atom. The molecule has 0 aliphatic rings. The second-order valence-corrected chi connectivity index (χ2v) is 6.13. The van der Waals surface area contributed by atoms with Gasteiger partial charge in [0.2, 0.25) is 0 Å². The summed E-state index contributed by atoms with van der Waals surface area (Å²) in [6.45, 7) is 1.72. The Morgan fingerprint density at radius 3 is 2.79 bits per heavy atom. The van der Waals surface area contributed by atoms with E-state index in [1.54, 1.807) is 18.4 Å². The second-order valence-electron chi connectivity index (χ2n) is 3.62. The molecule has 0 aliphatic heterocycles. The first-order valence-electron chi connectivity index (χ1n) is 5.07. The number of anilines is 1. The van der Waals surface area contributed by atoms with Gasteiger partial charge in [-0.05, 0) is 19.1 Å². The highest BCUT2D eigenvalue weighted by Gasteiger charge is 2.22. The normalized spacial score (nSPS) is 11.0. The van der Waals surface area contributed by atoms with Crippen molar-refractivity contribution in [3.05, 3.63) is 40.7 Å². The number of halogens is 1. The van der Waals surface area contributed by atoms with E-state index in [1.165, 1.54) is 12.1 Å². The van der Waals surface area contributed by atoms with Crippen LogP contribution in [0.15, 0.2) is 28.5 Å². The van der Waals surface area contributed by atoms with Crippen LogP contribution in [-0.2, 0) is 10.0 Å². The average molecular weight is 297 g/mol. The SMILES string of the molecule is Cc1csc(NS(=O)(=O)c2cccc(F)c2C#N)n1. The van der Waals surface area contributed by atoms with Crippen LogP contribution >= 0.6 is 11.3 Å². The summed E-state index contributed by atoms with van der Waals surface area (Å²) in [6.07, 6.45) is 0. The first-order valence-corrected chi connectivity index (χ1v) is 7.44. The highest BCUT2D eigenvalue weighted by atomic mass is 32.2. The van der Waals surface area contributed by atoms with Gasteiger partial charge in [-0.3, -0.25) is 4.72 Å². The Morgan fingerprint density at radius 2 is 2.21 bits per heavy atom. The Balaban J connectivity index is 2.46. The molecule has 0 unspecified atom stereocenters. The van der Waals surface area contributed by atoms with E-state index in [9.17, 15) is 12.8 Å². The number of aryl methyl sites for hydroxylation is 1. The molecule has 1 N–H and O–H groups in total. The molecule has 0 radical (unpaired) electrons. The number of sulfonamides is 1. The fourth-order valence-corrected chi connectivity index (χ4v) is 3.52. The monoisotopic (exact) mass is 297 g/mol. The molecule has 1 heterocycles. The van der Waals surface area contributed by atoms with Crippen LogP contribution in [0.2, 0.25) is 0 Å². The van der Waals surface area contributed by atoms with Crippen LogP contribution in [0, 0.1) is 24.1 Å². The third kappa shape index (κ3) is 2.72. The van der Waals surface area contributed by atoms with E-state index in [-0.39, 0.29) is 5.13 Å². The third-order valence-corrected chi connectivity index (χ3v) is 4.60. The van der Waals surface area contributed by atoms with E-state index in [0.29, 0.717) is 5.69 Å². The molecule has 0 bridgehead atoms. The van der Waals surface area contributed by atoms with Gasteiger partial charge in [0.05, 0.1) is 5.69 Å². The molecule has 5 nitrogen and oxygen atoms in total. The highest BCUT2D eigenvalue weighted by Crippen LogP contribution is 2.23. The van der Waals surface area contributed by atoms with Crippen molar-refractivity contribution in [1.82, 2.24) is 4.98 Å². The zero-order valence-corrected chi connectivity index (χ0v) is 11.3. The first kappa shape index (κ1) is 13.5. The number of rotatable bonds is 3. The standard InChI is InChI=1S/C11H8FN3O2S2/c1-7-6-18-11(14-7)15-19(16,17)10-4-2-3-9(12)8(10)5-13/h2-4,6H,1H3,(H,14,15). The summed E-state index contributed by atoms with van der Waals surface area (Å²) in [5.74, 6) is -0.874. The summed E-state index contributed by atoms with van der Waals surface area (Å²) >= 11 is 1.11. The fraction of sp³-hybridized carbons (Fsp3) is 0.0909. The molecule has 2 rings (SSSR count). The summed E-state index contributed by atoms with van der Waals surface area (Å²) in [5.41, 5.74) is 0.158. The summed E-state index contributed by atoms with van der Waals surface area (Å²) in [4.78, 5) is 3.55. The van der Waals surface area contributed by atoms with Crippen molar-refractivity contribution < 1.29 is 12.8 Å². The van der Waals surface area contributed by atoms with Gasteiger partial charge in [0.1, 0.15) is 22.3 Å². The van der Waals surface area contributed by atoms with Gasteiger partial charge in [-0.1, -0.05) is 6.07 Å². The Labute approximate surface area is 113 Å². The lowest BCUT2D eigenvalue weighted by Gasteiger charge is -2.07. The van der Waals surface area contributed by atoms with Gasteiger partial charge >= 0.3 is 0 Å². The van der Waals surface area contributed by atoms with Gasteiger partial charge in [-0.15, -0.1) is 11.3 Å². The van der Waals surface area contributed by atoms with Crippen molar-refractivity contribution in [3.63, 3.8) is 0 Å². The average Bonchev–Trinajstić information content (AvgIpc) is 2.73. The maximum atomic E-state index is 13.4. The molecule has 2 aromatic rings. The maximum absolute atomic E-state index is 13.4. The van der Waals surface area contributed by atoms with E-state index in [4.69, 9.17) is 5.26 Å². The minimum atomic E-state index is -4.03. The highest BCUT2D eigenvalue weighted by molar-refractivity contribution is 7.93. The summed E-state index contributed by atoms with van der Waals surface area (Å²) in [7, 11) is -4.03. The molecule has 8 heteroatoms. The third-order valence-electron chi connectivity index (χ3n) is 2.22. The minimum absolute atomic E-state index is 0.172. The predicted octanol–water partition coefficient (Wildman–Crippen LogP) is 2.26. The molecule has 0 fully saturated rings. The minimum Gasteiger partial charge on any atom is -0.255 e. The molecule has 1 aromatic carbocycles. The van der Waals surface area contributed by atoms with Crippen molar-refractivity contribution in [2.45, 2.75) is 11.8 Å². The molecular formula is C11H8FN3O2S2. The van der Waals surface area contributed by atoms with Crippen LogP contribution in [0.1, 0.15) is 11.3 Å². The first-order chi connectivity index (χ1) is 8.94. The molecule has 19 heavy (non-hydrogen) atoms. The smallest absolute Gasteiger partial charge is 0.255 e. The second kappa shape index (κ2) is 4.95. The largest absolute Gasteiger partial charge is 0.265 e. The van der Waals surface area contributed by atoms with Crippen molar-refractivity contribution >= 4 is 26.5 Å². The van der Waals surface area contributed by atoms with Crippen LogP contribution in [0.5, 0.6) is 0 Å². The van der Waals surface area contributed by atoms with Crippen LogP contribution < -0.4 is 4.72 Å².